The number of hydrogen-bond donors (Lipinski definition) is 2. The van der Waals surface area contributed by atoms with E-state index in [0.717, 1.165) is 18.2 Å². The number of rotatable bonds is 7. The molecule has 0 spiro atoms. The summed E-state index contributed by atoms with van der Waals surface area (Å²) in [5.41, 5.74) is 4.55. The van der Waals surface area contributed by atoms with Gasteiger partial charge >= 0.3 is 0 Å². The fourth-order valence-corrected chi connectivity index (χ4v) is 3.26. The highest BCUT2D eigenvalue weighted by molar-refractivity contribution is 8.00. The van der Waals surface area contributed by atoms with Gasteiger partial charge in [-0.05, 0) is 38.1 Å². The van der Waals surface area contributed by atoms with Crippen LogP contribution in [0.5, 0.6) is 0 Å². The minimum absolute atomic E-state index is 0.0946. The highest BCUT2D eigenvalue weighted by Gasteiger charge is 2.32. The molecule has 3 N–H and O–H groups in total. The number of nitrogens with two attached hydrogens (primary N) is 1. The largest absolute Gasteiger partial charge is 0.368 e. The predicted octanol–water partition coefficient (Wildman–Crippen LogP) is 2.69. The lowest BCUT2D eigenvalue weighted by Crippen LogP contribution is -2.54. The SMILES string of the molecule is CCNC(C)(CC(C)Sc1cc(F)ccc1F)C(N)=O. The van der Waals surface area contributed by atoms with Gasteiger partial charge in [-0.2, -0.15) is 0 Å². The molecule has 112 valence electrons. The molecule has 0 aliphatic rings. The molecule has 3 nitrogen and oxygen atoms in total. The van der Waals surface area contributed by atoms with Crippen molar-refractivity contribution in [2.45, 2.75) is 42.9 Å². The van der Waals surface area contributed by atoms with Crippen LogP contribution in [0.4, 0.5) is 8.78 Å². The molecular weight excluding hydrogens is 282 g/mol. The topological polar surface area (TPSA) is 55.1 Å². The Morgan fingerprint density at radius 1 is 1.50 bits per heavy atom. The quantitative estimate of drug-likeness (QED) is 0.761. The summed E-state index contributed by atoms with van der Waals surface area (Å²) in [6.07, 6.45) is 0.427. The number of likely N-dealkylation sites (N-methyl/N-ethyl adjacent to an activating group) is 1. The van der Waals surface area contributed by atoms with E-state index in [0.29, 0.717) is 13.0 Å². The van der Waals surface area contributed by atoms with E-state index in [-0.39, 0.29) is 10.1 Å². The third-order valence-corrected chi connectivity index (χ3v) is 4.16. The first-order valence-corrected chi connectivity index (χ1v) is 7.33. The highest BCUT2D eigenvalue weighted by atomic mass is 32.2. The zero-order valence-corrected chi connectivity index (χ0v) is 12.7. The molecule has 0 heterocycles. The van der Waals surface area contributed by atoms with Crippen LogP contribution >= 0.6 is 11.8 Å². The van der Waals surface area contributed by atoms with Gasteiger partial charge in [-0.1, -0.05) is 13.8 Å². The minimum Gasteiger partial charge on any atom is -0.368 e. The smallest absolute Gasteiger partial charge is 0.237 e. The third-order valence-electron chi connectivity index (χ3n) is 3.03. The lowest BCUT2D eigenvalue weighted by Gasteiger charge is -2.29. The summed E-state index contributed by atoms with van der Waals surface area (Å²) in [7, 11) is 0. The maximum absolute atomic E-state index is 13.6. The van der Waals surface area contributed by atoms with Crippen LogP contribution in [-0.2, 0) is 4.79 Å². The van der Waals surface area contributed by atoms with Crippen molar-refractivity contribution in [1.82, 2.24) is 5.32 Å². The number of hydrogen-bond acceptors (Lipinski definition) is 3. The van der Waals surface area contributed by atoms with Gasteiger partial charge in [0.2, 0.25) is 5.91 Å². The Labute approximate surface area is 122 Å². The summed E-state index contributed by atoms with van der Waals surface area (Å²) in [5, 5.41) is 2.95. The summed E-state index contributed by atoms with van der Waals surface area (Å²) >= 11 is 1.19. The number of nitrogens with one attached hydrogen (secondary N) is 1. The summed E-state index contributed by atoms with van der Waals surface area (Å²) in [6.45, 7) is 6.06. The first kappa shape index (κ1) is 16.9. The van der Waals surface area contributed by atoms with Crippen LogP contribution < -0.4 is 11.1 Å². The number of primary amides is 1. The Bertz CT molecular complexity index is 484. The fourth-order valence-electron chi connectivity index (χ4n) is 2.05. The average Bonchev–Trinajstić information content (AvgIpc) is 2.33. The Balaban J connectivity index is 2.78. The summed E-state index contributed by atoms with van der Waals surface area (Å²) in [5.74, 6) is -1.40. The molecule has 2 unspecified atom stereocenters. The van der Waals surface area contributed by atoms with E-state index in [9.17, 15) is 13.6 Å². The zero-order chi connectivity index (χ0) is 15.3. The lowest BCUT2D eigenvalue weighted by atomic mass is 9.95. The fraction of sp³-hybridized carbons (Fsp3) is 0.500. The molecule has 0 saturated heterocycles. The number of amides is 1. The molecule has 2 atom stereocenters. The van der Waals surface area contributed by atoms with E-state index in [1.165, 1.54) is 11.8 Å². The number of carbonyl (C=O) groups excluding carboxylic acids is 1. The van der Waals surface area contributed by atoms with Crippen LogP contribution in [0.15, 0.2) is 23.1 Å². The Kier molecular flexibility index (Phi) is 5.95. The van der Waals surface area contributed by atoms with Crippen molar-refractivity contribution in [2.75, 3.05) is 6.54 Å². The summed E-state index contributed by atoms with van der Waals surface area (Å²) in [6, 6.07) is 3.34. The van der Waals surface area contributed by atoms with Gasteiger partial charge in [-0.25, -0.2) is 8.78 Å². The van der Waals surface area contributed by atoms with Crippen molar-refractivity contribution in [3.8, 4) is 0 Å². The lowest BCUT2D eigenvalue weighted by molar-refractivity contribution is -0.124. The number of benzene rings is 1. The van der Waals surface area contributed by atoms with Crippen LogP contribution in [0.1, 0.15) is 27.2 Å². The summed E-state index contributed by atoms with van der Waals surface area (Å²) < 4.78 is 26.7. The van der Waals surface area contributed by atoms with Crippen molar-refractivity contribution in [1.29, 1.82) is 0 Å². The molecule has 0 fully saturated rings. The van der Waals surface area contributed by atoms with E-state index in [2.05, 4.69) is 5.32 Å². The van der Waals surface area contributed by atoms with Crippen LogP contribution in [0.3, 0.4) is 0 Å². The molecule has 1 aromatic carbocycles. The highest BCUT2D eigenvalue weighted by Crippen LogP contribution is 2.31. The van der Waals surface area contributed by atoms with E-state index < -0.39 is 23.1 Å². The first-order chi connectivity index (χ1) is 9.28. The summed E-state index contributed by atoms with van der Waals surface area (Å²) in [4.78, 5) is 11.8. The molecule has 0 saturated carbocycles. The van der Waals surface area contributed by atoms with Gasteiger partial charge in [0.1, 0.15) is 11.6 Å². The molecule has 0 bridgehead atoms. The second-order valence-electron chi connectivity index (χ2n) is 4.93. The Morgan fingerprint density at radius 2 is 2.15 bits per heavy atom. The van der Waals surface area contributed by atoms with E-state index in [4.69, 9.17) is 5.73 Å². The van der Waals surface area contributed by atoms with Crippen molar-refractivity contribution in [2.24, 2.45) is 5.73 Å². The van der Waals surface area contributed by atoms with Gasteiger partial charge < -0.3 is 11.1 Å². The van der Waals surface area contributed by atoms with E-state index in [1.807, 2.05) is 13.8 Å². The van der Waals surface area contributed by atoms with Gasteiger partial charge in [-0.3, -0.25) is 4.79 Å². The standard InChI is InChI=1S/C14H20F2N2OS/c1-4-18-14(3,13(17)19)8-9(2)20-12-7-10(15)5-6-11(12)16/h5-7,9,18H,4,8H2,1-3H3,(H2,17,19). The zero-order valence-electron chi connectivity index (χ0n) is 11.9. The minimum atomic E-state index is -0.856. The second-order valence-corrected chi connectivity index (χ2v) is 6.41. The number of thioether (sulfide) groups is 1. The molecule has 0 aromatic heterocycles. The van der Waals surface area contributed by atoms with Crippen molar-refractivity contribution in [3.05, 3.63) is 29.8 Å². The molecule has 1 amide bonds. The molecular formula is C14H20F2N2OS. The van der Waals surface area contributed by atoms with Crippen LogP contribution in [0.2, 0.25) is 0 Å². The maximum atomic E-state index is 13.6. The third kappa shape index (κ3) is 4.45. The van der Waals surface area contributed by atoms with Gasteiger partial charge in [0.05, 0.1) is 5.54 Å². The number of halogens is 2. The molecule has 20 heavy (non-hydrogen) atoms. The second kappa shape index (κ2) is 7.04. The normalized spacial score (nSPS) is 15.7. The Hall–Kier alpha value is -1.14. The molecule has 0 aliphatic carbocycles. The van der Waals surface area contributed by atoms with Gasteiger partial charge in [0.25, 0.3) is 0 Å². The van der Waals surface area contributed by atoms with Crippen molar-refractivity contribution in [3.63, 3.8) is 0 Å². The van der Waals surface area contributed by atoms with Crippen molar-refractivity contribution < 1.29 is 13.6 Å². The monoisotopic (exact) mass is 302 g/mol. The van der Waals surface area contributed by atoms with Crippen LogP contribution in [-0.4, -0.2) is 23.2 Å². The molecule has 6 heteroatoms. The van der Waals surface area contributed by atoms with Crippen LogP contribution in [0.25, 0.3) is 0 Å². The van der Waals surface area contributed by atoms with Gasteiger partial charge in [-0.15, -0.1) is 11.8 Å². The number of carbonyl (C=O) groups is 1. The first-order valence-electron chi connectivity index (χ1n) is 6.45. The van der Waals surface area contributed by atoms with Crippen molar-refractivity contribution >= 4 is 17.7 Å². The van der Waals surface area contributed by atoms with E-state index >= 15 is 0 Å². The predicted molar refractivity (Wildman–Crippen MR) is 77.6 cm³/mol. The van der Waals surface area contributed by atoms with Crippen LogP contribution in [0, 0.1) is 11.6 Å². The Morgan fingerprint density at radius 3 is 2.70 bits per heavy atom. The van der Waals surface area contributed by atoms with Gasteiger partial charge in [0, 0.05) is 10.1 Å². The molecule has 0 aliphatic heterocycles. The average molecular weight is 302 g/mol. The van der Waals surface area contributed by atoms with E-state index in [1.54, 1.807) is 6.92 Å². The molecule has 0 radical (unpaired) electrons. The van der Waals surface area contributed by atoms with Gasteiger partial charge in [0.15, 0.2) is 0 Å². The molecule has 1 aromatic rings. The molecule has 1 rings (SSSR count). The maximum Gasteiger partial charge on any atom is 0.237 e.